The van der Waals surface area contributed by atoms with Crippen LogP contribution in [0.2, 0.25) is 0 Å². The molecule has 3 aliphatic heterocycles. The van der Waals surface area contributed by atoms with E-state index in [1.54, 1.807) is 16.0 Å². The highest BCUT2D eigenvalue weighted by Crippen LogP contribution is 2.38. The average molecular weight is 772 g/mol. The molecule has 294 valence electrons. The van der Waals surface area contributed by atoms with Crippen LogP contribution in [-0.4, -0.2) is 93.9 Å². The van der Waals surface area contributed by atoms with Gasteiger partial charge in [-0.05, 0) is 66.1 Å². The molecule has 2 bridgehead atoms. The van der Waals surface area contributed by atoms with Crippen molar-refractivity contribution >= 4 is 18.1 Å². The monoisotopic (exact) mass is 771 g/mol. The minimum absolute atomic E-state index is 0.0105. The number of carbonyl (C=O) groups excluding carboxylic acids is 3. The first-order valence-corrected chi connectivity index (χ1v) is 19.3. The van der Waals surface area contributed by atoms with E-state index < -0.39 is 12.1 Å². The van der Waals surface area contributed by atoms with E-state index in [1.807, 2.05) is 66.9 Å². The van der Waals surface area contributed by atoms with Crippen molar-refractivity contribution in [2.75, 3.05) is 40.0 Å². The van der Waals surface area contributed by atoms with E-state index in [9.17, 15) is 14.4 Å². The molecule has 2 aromatic heterocycles. The Morgan fingerprint density at radius 1 is 0.842 bits per heavy atom. The molecule has 0 saturated carbocycles. The van der Waals surface area contributed by atoms with Crippen LogP contribution >= 0.6 is 0 Å². The van der Waals surface area contributed by atoms with Crippen LogP contribution in [-0.2, 0) is 25.6 Å². The van der Waals surface area contributed by atoms with Gasteiger partial charge in [-0.1, -0.05) is 66.7 Å². The lowest BCUT2D eigenvalue weighted by molar-refractivity contribution is -0.135. The number of ether oxygens (including phenoxy) is 4. The number of carbonyl (C=O) groups is 3. The van der Waals surface area contributed by atoms with Crippen molar-refractivity contribution in [1.29, 1.82) is 0 Å². The number of nitrogens with zero attached hydrogens (tertiary/aromatic N) is 4. The third-order valence-corrected chi connectivity index (χ3v) is 10.6. The number of nitrogens with one attached hydrogen (secondary N) is 3. The third-order valence-electron chi connectivity index (χ3n) is 10.6. The van der Waals surface area contributed by atoms with Crippen LogP contribution in [0, 0.1) is 0 Å². The molecule has 2 fully saturated rings. The summed E-state index contributed by atoms with van der Waals surface area (Å²) < 4.78 is 22.5. The maximum Gasteiger partial charge on any atom is 0.410 e. The Hall–Kier alpha value is -6.41. The van der Waals surface area contributed by atoms with Gasteiger partial charge in [-0.2, -0.15) is 0 Å². The van der Waals surface area contributed by atoms with Gasteiger partial charge in [0.1, 0.15) is 36.7 Å². The molecule has 14 nitrogen and oxygen atoms in total. The predicted octanol–water partition coefficient (Wildman–Crippen LogP) is 6.96. The number of amides is 3. The normalized spacial score (nSPS) is 19.7. The van der Waals surface area contributed by atoms with Crippen LogP contribution in [0.5, 0.6) is 5.75 Å². The van der Waals surface area contributed by atoms with Crippen molar-refractivity contribution in [3.63, 3.8) is 0 Å². The molecule has 3 aromatic carbocycles. The fourth-order valence-electron chi connectivity index (χ4n) is 7.67. The number of rotatable bonds is 6. The number of methoxy groups -OCH3 is 1. The first kappa shape index (κ1) is 37.5. The van der Waals surface area contributed by atoms with Gasteiger partial charge in [0.25, 0.3) is 0 Å². The number of likely N-dealkylation sites (tertiary alicyclic amines) is 1. The van der Waals surface area contributed by atoms with Gasteiger partial charge in [0, 0.05) is 18.7 Å². The van der Waals surface area contributed by atoms with Crippen LogP contribution in [0.15, 0.2) is 97.3 Å². The number of hydrogen-bond acceptors (Lipinski definition) is 9. The summed E-state index contributed by atoms with van der Waals surface area (Å²) in [5.74, 6) is 1.83. The summed E-state index contributed by atoms with van der Waals surface area (Å²) in [7, 11) is 1.26. The zero-order valence-corrected chi connectivity index (χ0v) is 31.7. The summed E-state index contributed by atoms with van der Waals surface area (Å²) in [6, 6.07) is 22.6. The van der Waals surface area contributed by atoms with Gasteiger partial charge >= 0.3 is 12.2 Å². The van der Waals surface area contributed by atoms with E-state index in [-0.39, 0.29) is 50.5 Å². The molecule has 2 saturated heterocycles. The van der Waals surface area contributed by atoms with Crippen LogP contribution in [0.1, 0.15) is 55.0 Å². The lowest BCUT2D eigenvalue weighted by atomic mass is 10.00. The molecule has 8 rings (SSSR count). The third kappa shape index (κ3) is 8.41. The number of imidazole rings is 2. The second-order valence-electron chi connectivity index (χ2n) is 14.2. The summed E-state index contributed by atoms with van der Waals surface area (Å²) in [6.07, 6.45) is 9.45. The van der Waals surface area contributed by atoms with E-state index in [0.717, 1.165) is 70.7 Å². The number of benzene rings is 3. The first-order valence-electron chi connectivity index (χ1n) is 19.3. The fraction of sp³-hybridized carbons (Fsp3) is 0.326. The lowest BCUT2D eigenvalue weighted by Crippen LogP contribution is -2.50. The van der Waals surface area contributed by atoms with E-state index in [0.29, 0.717) is 24.7 Å². The molecular weight excluding hydrogens is 727 g/mol. The van der Waals surface area contributed by atoms with Gasteiger partial charge < -0.3 is 39.1 Å². The quantitative estimate of drug-likeness (QED) is 0.155. The minimum atomic E-state index is -0.902. The number of aromatic amines is 2. The number of H-pyrrole nitrogens is 2. The number of hydrogen-bond donors (Lipinski definition) is 3. The standard InChI is InChI=1S/C43H45N7O7/c1-54-42(52)48-35-27-55-21-5-6-22-56-38-23-31(17-18-32(38)34-25-45-39(47-34)36-11-7-19-49(36)41(35)51)29-13-15-30(16-14-29)33-24-44-40(46-33)37-12-8-20-50(37)43(53)57-26-28-9-3-2-4-10-28/h2-6,9-10,13-18,23-25,35-37H,7-8,11-12,19-22,26-27H2,1H3,(H,44,46)(H,45,47)(H,48,52). The maximum atomic E-state index is 13.7. The topological polar surface area (TPSA) is 164 Å². The molecule has 3 N–H and O–H groups in total. The molecular formula is C43H45N7O7. The van der Waals surface area contributed by atoms with Crippen molar-refractivity contribution in [2.24, 2.45) is 0 Å². The Balaban J connectivity index is 0.988. The van der Waals surface area contributed by atoms with E-state index in [4.69, 9.17) is 23.9 Å². The molecule has 5 heterocycles. The summed E-state index contributed by atoms with van der Waals surface area (Å²) >= 11 is 0. The molecule has 0 radical (unpaired) electrons. The minimum Gasteiger partial charge on any atom is -0.489 e. The number of aromatic nitrogens is 4. The first-order chi connectivity index (χ1) is 27.9. The molecule has 14 heteroatoms. The van der Waals surface area contributed by atoms with Gasteiger partial charge in [0.2, 0.25) is 5.91 Å². The van der Waals surface area contributed by atoms with Crippen molar-refractivity contribution < 1.29 is 33.3 Å². The van der Waals surface area contributed by atoms with Crippen molar-refractivity contribution in [3.05, 3.63) is 115 Å². The van der Waals surface area contributed by atoms with Crippen LogP contribution < -0.4 is 10.1 Å². The van der Waals surface area contributed by atoms with Gasteiger partial charge in [0.15, 0.2) is 0 Å². The summed E-state index contributed by atoms with van der Waals surface area (Å²) in [5, 5.41) is 2.62. The summed E-state index contributed by atoms with van der Waals surface area (Å²) in [5.41, 5.74) is 6.36. The molecule has 3 amide bonds. The SMILES string of the molecule is COC(=O)NC1COCC=CCOc2cc(-c3ccc(-c4cnc(C5CCCN5C(=O)OCc5ccccc5)[nH]4)cc3)ccc2-c2cnc([nH]2)C2CCCN2C1=O. The summed E-state index contributed by atoms with van der Waals surface area (Å²) in [4.78, 5) is 58.6. The molecule has 3 aliphatic rings. The van der Waals surface area contributed by atoms with Crippen molar-refractivity contribution in [1.82, 2.24) is 35.1 Å². The van der Waals surface area contributed by atoms with Gasteiger partial charge in [-0.3, -0.25) is 9.69 Å². The molecule has 3 unspecified atom stereocenters. The Bertz CT molecular complexity index is 2220. The second-order valence-corrected chi connectivity index (χ2v) is 14.2. The zero-order valence-electron chi connectivity index (χ0n) is 31.7. The highest BCUT2D eigenvalue weighted by Gasteiger charge is 2.37. The highest BCUT2D eigenvalue weighted by molar-refractivity contribution is 5.86. The largest absolute Gasteiger partial charge is 0.489 e. The number of alkyl carbamates (subject to hydrolysis) is 1. The molecule has 0 spiro atoms. The van der Waals surface area contributed by atoms with E-state index in [2.05, 4.69) is 44.5 Å². The molecule has 0 aliphatic carbocycles. The van der Waals surface area contributed by atoms with E-state index >= 15 is 0 Å². The van der Waals surface area contributed by atoms with E-state index in [1.165, 1.54) is 7.11 Å². The number of fused-ring (bicyclic) bond motifs is 6. The van der Waals surface area contributed by atoms with Crippen molar-refractivity contribution in [3.8, 4) is 39.4 Å². The molecule has 5 aromatic rings. The zero-order chi connectivity index (χ0) is 39.1. The van der Waals surface area contributed by atoms with Gasteiger partial charge in [0.05, 0.1) is 56.2 Å². The van der Waals surface area contributed by atoms with Crippen LogP contribution in [0.25, 0.3) is 33.6 Å². The molecule has 57 heavy (non-hydrogen) atoms. The smallest absolute Gasteiger partial charge is 0.410 e. The predicted molar refractivity (Wildman–Crippen MR) is 211 cm³/mol. The maximum absolute atomic E-state index is 13.7. The lowest BCUT2D eigenvalue weighted by Gasteiger charge is -2.28. The Kier molecular flexibility index (Phi) is 11.3. The highest BCUT2D eigenvalue weighted by atomic mass is 16.6. The van der Waals surface area contributed by atoms with Crippen LogP contribution in [0.4, 0.5) is 9.59 Å². The summed E-state index contributed by atoms with van der Waals surface area (Å²) in [6.45, 7) is 1.89. The van der Waals surface area contributed by atoms with Crippen molar-refractivity contribution in [2.45, 2.75) is 50.4 Å². The second kappa shape index (κ2) is 17.2. The fourth-order valence-corrected chi connectivity index (χ4v) is 7.67. The Morgan fingerprint density at radius 2 is 1.54 bits per heavy atom. The van der Waals surface area contributed by atoms with Gasteiger partial charge in [-0.15, -0.1) is 0 Å². The Morgan fingerprint density at radius 3 is 2.37 bits per heavy atom. The molecule has 3 atom stereocenters. The Labute approximate surface area is 330 Å². The van der Waals surface area contributed by atoms with Crippen LogP contribution in [0.3, 0.4) is 0 Å². The van der Waals surface area contributed by atoms with Gasteiger partial charge in [-0.25, -0.2) is 19.6 Å². The average Bonchev–Trinajstić information content (AvgIpc) is 4.09.